The highest BCUT2D eigenvalue weighted by atomic mass is 16.5. The van der Waals surface area contributed by atoms with Crippen LogP contribution in [0.4, 0.5) is 0 Å². The van der Waals surface area contributed by atoms with Crippen LogP contribution >= 0.6 is 0 Å². The van der Waals surface area contributed by atoms with E-state index in [4.69, 9.17) is 14.2 Å². The van der Waals surface area contributed by atoms with Crippen LogP contribution in [-0.4, -0.2) is 45.3 Å². The molecule has 108 valence electrons. The molecule has 1 unspecified atom stereocenters. The molecule has 19 heavy (non-hydrogen) atoms. The Bertz CT molecular complexity index is 365. The molecule has 1 aromatic carbocycles. The summed E-state index contributed by atoms with van der Waals surface area (Å²) in [5.74, 6) is 0.824. The van der Waals surface area contributed by atoms with Gasteiger partial charge in [0, 0.05) is 20.1 Å². The first-order valence-corrected chi connectivity index (χ1v) is 6.55. The molecular weight excluding hydrogens is 244 g/mol. The Morgan fingerprint density at radius 3 is 2.63 bits per heavy atom. The van der Waals surface area contributed by atoms with Gasteiger partial charge in [-0.1, -0.05) is 17.7 Å². The van der Waals surface area contributed by atoms with Crippen molar-refractivity contribution in [2.45, 2.75) is 25.9 Å². The molecule has 0 heterocycles. The number of aliphatic hydroxyl groups is 1. The molecule has 1 rings (SSSR count). The fourth-order valence-electron chi connectivity index (χ4n) is 1.89. The average molecular weight is 268 g/mol. The van der Waals surface area contributed by atoms with Gasteiger partial charge in [-0.25, -0.2) is 0 Å². The van der Waals surface area contributed by atoms with Crippen molar-refractivity contribution in [3.8, 4) is 5.75 Å². The average Bonchev–Trinajstić information content (AvgIpc) is 2.39. The maximum Gasteiger partial charge on any atom is 0.122 e. The Hall–Kier alpha value is -1.10. The normalized spacial score (nSPS) is 12.4. The van der Waals surface area contributed by atoms with Crippen LogP contribution in [0.2, 0.25) is 0 Å². The van der Waals surface area contributed by atoms with Gasteiger partial charge in [-0.3, -0.25) is 0 Å². The van der Waals surface area contributed by atoms with E-state index in [-0.39, 0.29) is 0 Å². The van der Waals surface area contributed by atoms with Crippen LogP contribution < -0.4 is 4.74 Å². The van der Waals surface area contributed by atoms with Crippen molar-refractivity contribution in [2.75, 3.05) is 34.0 Å². The first kappa shape index (κ1) is 16.0. The fourth-order valence-corrected chi connectivity index (χ4v) is 1.89. The summed E-state index contributed by atoms with van der Waals surface area (Å²) in [5.41, 5.74) is 2.20. The summed E-state index contributed by atoms with van der Waals surface area (Å²) < 4.78 is 15.5. The highest BCUT2D eigenvalue weighted by Crippen LogP contribution is 2.21. The van der Waals surface area contributed by atoms with E-state index in [0.717, 1.165) is 11.3 Å². The lowest BCUT2D eigenvalue weighted by atomic mass is 10.0. The number of rotatable bonds is 9. The van der Waals surface area contributed by atoms with E-state index in [1.165, 1.54) is 5.56 Å². The first-order chi connectivity index (χ1) is 9.17. The zero-order chi connectivity index (χ0) is 14.1. The van der Waals surface area contributed by atoms with Crippen molar-refractivity contribution in [1.29, 1.82) is 0 Å². The van der Waals surface area contributed by atoms with Crippen molar-refractivity contribution in [3.05, 3.63) is 29.3 Å². The molecule has 0 saturated heterocycles. The monoisotopic (exact) mass is 268 g/mol. The largest absolute Gasteiger partial charge is 0.496 e. The molecule has 0 aliphatic rings. The third-order valence-corrected chi connectivity index (χ3v) is 2.92. The summed E-state index contributed by atoms with van der Waals surface area (Å²) >= 11 is 0. The molecule has 1 atom stereocenters. The highest BCUT2D eigenvalue weighted by Gasteiger charge is 2.10. The van der Waals surface area contributed by atoms with Crippen molar-refractivity contribution < 1.29 is 19.3 Å². The quantitative estimate of drug-likeness (QED) is 0.696. The molecule has 0 saturated carbocycles. The van der Waals surface area contributed by atoms with Crippen LogP contribution in [-0.2, 0) is 15.9 Å². The summed E-state index contributed by atoms with van der Waals surface area (Å²) in [4.78, 5) is 0. The minimum Gasteiger partial charge on any atom is -0.496 e. The number of ether oxygens (including phenoxy) is 3. The van der Waals surface area contributed by atoms with Crippen molar-refractivity contribution in [2.24, 2.45) is 0 Å². The lowest BCUT2D eigenvalue weighted by molar-refractivity contribution is 0.0478. The summed E-state index contributed by atoms with van der Waals surface area (Å²) in [6.07, 6.45) is 0.775. The van der Waals surface area contributed by atoms with E-state index >= 15 is 0 Å². The summed E-state index contributed by atoms with van der Waals surface area (Å²) in [6.45, 7) is 3.72. The van der Waals surface area contributed by atoms with E-state index in [9.17, 15) is 5.11 Å². The van der Waals surface area contributed by atoms with Gasteiger partial charge in [0.1, 0.15) is 5.75 Å². The second kappa shape index (κ2) is 8.91. The predicted molar refractivity (Wildman–Crippen MR) is 74.8 cm³/mol. The molecule has 0 radical (unpaired) electrons. The van der Waals surface area contributed by atoms with Crippen LogP contribution in [0, 0.1) is 6.92 Å². The Morgan fingerprint density at radius 1 is 1.16 bits per heavy atom. The van der Waals surface area contributed by atoms with E-state index in [0.29, 0.717) is 32.7 Å². The first-order valence-electron chi connectivity index (χ1n) is 6.55. The van der Waals surface area contributed by atoms with Gasteiger partial charge in [0.25, 0.3) is 0 Å². The van der Waals surface area contributed by atoms with Crippen molar-refractivity contribution in [1.82, 2.24) is 0 Å². The molecule has 0 aromatic heterocycles. The number of methoxy groups -OCH3 is 2. The number of aryl methyl sites for hydroxylation is 1. The molecule has 4 heteroatoms. The van der Waals surface area contributed by atoms with Crippen LogP contribution in [0.5, 0.6) is 5.75 Å². The topological polar surface area (TPSA) is 47.9 Å². The Morgan fingerprint density at radius 2 is 1.95 bits per heavy atom. The molecule has 0 aliphatic carbocycles. The standard InChI is InChI=1S/C15H24O4/c1-12-4-5-15(18-3)13(10-12)11-14(16)6-7-19-9-8-17-2/h4-5,10,14,16H,6-9,11H2,1-3H3. The summed E-state index contributed by atoms with van der Waals surface area (Å²) in [6, 6.07) is 5.99. The Labute approximate surface area is 115 Å². The number of hydrogen-bond acceptors (Lipinski definition) is 4. The van der Waals surface area contributed by atoms with Gasteiger partial charge in [-0.15, -0.1) is 0 Å². The molecule has 0 amide bonds. The lowest BCUT2D eigenvalue weighted by Gasteiger charge is -2.14. The minimum atomic E-state index is -0.418. The van der Waals surface area contributed by atoms with Crippen molar-refractivity contribution in [3.63, 3.8) is 0 Å². The van der Waals surface area contributed by atoms with Crippen LogP contribution in [0.1, 0.15) is 17.5 Å². The molecule has 0 fully saturated rings. The van der Waals surface area contributed by atoms with Gasteiger partial charge in [-0.05, 0) is 25.0 Å². The smallest absolute Gasteiger partial charge is 0.122 e. The maximum atomic E-state index is 10.0. The van der Waals surface area contributed by atoms with E-state index in [1.54, 1.807) is 14.2 Å². The summed E-state index contributed by atoms with van der Waals surface area (Å²) in [7, 11) is 3.29. The number of benzene rings is 1. The predicted octanol–water partition coefficient (Wildman–Crippen LogP) is 1.96. The zero-order valence-corrected chi connectivity index (χ0v) is 12.0. The van der Waals surface area contributed by atoms with Gasteiger partial charge in [0.2, 0.25) is 0 Å². The zero-order valence-electron chi connectivity index (χ0n) is 12.0. The van der Waals surface area contributed by atoms with E-state index in [2.05, 4.69) is 0 Å². The van der Waals surface area contributed by atoms with Crippen LogP contribution in [0.15, 0.2) is 18.2 Å². The van der Waals surface area contributed by atoms with Gasteiger partial charge in [-0.2, -0.15) is 0 Å². The molecule has 0 bridgehead atoms. The lowest BCUT2D eigenvalue weighted by Crippen LogP contribution is -2.15. The third-order valence-electron chi connectivity index (χ3n) is 2.92. The molecule has 4 nitrogen and oxygen atoms in total. The highest BCUT2D eigenvalue weighted by molar-refractivity contribution is 5.37. The molecular formula is C15H24O4. The minimum absolute atomic E-state index is 0.418. The number of hydrogen-bond donors (Lipinski definition) is 1. The second-order valence-corrected chi connectivity index (χ2v) is 4.57. The van der Waals surface area contributed by atoms with Gasteiger partial charge >= 0.3 is 0 Å². The van der Waals surface area contributed by atoms with Gasteiger partial charge in [0.15, 0.2) is 0 Å². The molecule has 0 aliphatic heterocycles. The fraction of sp³-hybridized carbons (Fsp3) is 0.600. The molecule has 1 aromatic rings. The van der Waals surface area contributed by atoms with E-state index < -0.39 is 6.10 Å². The van der Waals surface area contributed by atoms with Gasteiger partial charge in [0.05, 0.1) is 26.4 Å². The second-order valence-electron chi connectivity index (χ2n) is 4.57. The Kier molecular flexibility index (Phi) is 7.48. The van der Waals surface area contributed by atoms with E-state index in [1.807, 2.05) is 25.1 Å². The van der Waals surface area contributed by atoms with Crippen LogP contribution in [0.3, 0.4) is 0 Å². The SMILES string of the molecule is COCCOCCC(O)Cc1cc(C)ccc1OC. The summed E-state index contributed by atoms with van der Waals surface area (Å²) in [5, 5.41) is 10.0. The Balaban J connectivity index is 2.39. The maximum absolute atomic E-state index is 10.0. The molecule has 1 N–H and O–H groups in total. The number of aliphatic hydroxyl groups excluding tert-OH is 1. The molecule has 0 spiro atoms. The van der Waals surface area contributed by atoms with Gasteiger partial charge < -0.3 is 19.3 Å². The van der Waals surface area contributed by atoms with Crippen LogP contribution in [0.25, 0.3) is 0 Å². The van der Waals surface area contributed by atoms with Crippen molar-refractivity contribution >= 4 is 0 Å². The third kappa shape index (κ3) is 6.05.